The van der Waals surface area contributed by atoms with Crippen LogP contribution in [0.5, 0.6) is 5.75 Å². The largest absolute Gasteiger partial charge is 0.490 e. The lowest BCUT2D eigenvalue weighted by atomic mass is 9.96. The fraction of sp³-hybridized carbons (Fsp3) is 0.537. The number of unbranched alkanes of at least 4 members (excludes halogenated alkanes) is 1. The van der Waals surface area contributed by atoms with Gasteiger partial charge in [0, 0.05) is 41.6 Å². The molecule has 2 aliphatic carbocycles. The molecule has 0 saturated heterocycles. The van der Waals surface area contributed by atoms with Gasteiger partial charge in [0.05, 0.1) is 35.9 Å². The number of aromatic nitrogens is 1. The van der Waals surface area contributed by atoms with E-state index in [1.165, 1.54) is 18.2 Å². The molecule has 1 aromatic heterocycles. The lowest BCUT2D eigenvalue weighted by molar-refractivity contribution is -0.157. The van der Waals surface area contributed by atoms with Crippen molar-refractivity contribution >= 4 is 33.6 Å². The minimum atomic E-state index is -4.29. The number of hydrogen-bond acceptors (Lipinski definition) is 13. The first-order chi connectivity index (χ1) is 27.9. The summed E-state index contributed by atoms with van der Waals surface area (Å²) in [5, 5.41) is 53.2. The highest BCUT2D eigenvalue weighted by Crippen LogP contribution is 2.53. The molecular weight excluding hydrogens is 808 g/mol. The normalized spacial score (nSPS) is 17.6. The summed E-state index contributed by atoms with van der Waals surface area (Å²) < 4.78 is 48.4. The average Bonchev–Trinajstić information content (AvgIpc) is 4.15. The number of para-hydroxylation sites is 1. The molecule has 16 nitrogen and oxygen atoms in total. The molecule has 1 unspecified atom stereocenters. The van der Waals surface area contributed by atoms with Crippen molar-refractivity contribution in [2.45, 2.75) is 125 Å². The van der Waals surface area contributed by atoms with Crippen LogP contribution in [-0.4, -0.2) is 113 Å². The Morgan fingerprint density at radius 2 is 1.68 bits per heavy atom. The molecule has 3 aromatic rings. The van der Waals surface area contributed by atoms with Gasteiger partial charge >= 0.3 is 12.0 Å². The number of ether oxygens (including phenoxy) is 3. The van der Waals surface area contributed by atoms with E-state index in [1.54, 1.807) is 33.2 Å². The number of nitrogens with zero attached hydrogens (tertiary/aromatic N) is 1. The van der Waals surface area contributed by atoms with Gasteiger partial charge in [-0.15, -0.1) is 0 Å². The van der Waals surface area contributed by atoms with Gasteiger partial charge in [-0.3, -0.25) is 9.78 Å². The Bertz CT molecular complexity index is 2010. The van der Waals surface area contributed by atoms with E-state index in [4.69, 9.17) is 30.9 Å². The number of esters is 1. The molecule has 0 bridgehead atoms. The van der Waals surface area contributed by atoms with Crippen molar-refractivity contribution in [1.82, 2.24) is 20.3 Å². The fourth-order valence-corrected chi connectivity index (χ4v) is 7.71. The summed E-state index contributed by atoms with van der Waals surface area (Å²) in [4.78, 5) is 29.8. The first-order valence-corrected chi connectivity index (χ1v) is 21.5. The van der Waals surface area contributed by atoms with Crippen LogP contribution in [0, 0.1) is 0 Å². The monoisotopic (exact) mass is 862 g/mol. The fourth-order valence-electron chi connectivity index (χ4n) is 6.27. The Labute approximate surface area is 349 Å². The topological polar surface area (TPSA) is 246 Å². The zero-order valence-corrected chi connectivity index (χ0v) is 34.9. The molecular formula is C41H55ClN4O12S. The number of benzene rings is 2. The molecule has 0 spiro atoms. The van der Waals surface area contributed by atoms with Gasteiger partial charge in [-0.2, -0.15) is 4.72 Å². The number of hydrogen-bond donors (Lipinski definition) is 8. The summed E-state index contributed by atoms with van der Waals surface area (Å²) in [6.07, 6.45) is 0.891. The molecule has 0 radical (unpaired) electrons. The number of aliphatic hydroxyl groups excluding tert-OH is 5. The van der Waals surface area contributed by atoms with Crippen molar-refractivity contribution in [2.24, 2.45) is 0 Å². The molecule has 5 atom stereocenters. The van der Waals surface area contributed by atoms with Crippen molar-refractivity contribution < 1.29 is 57.8 Å². The van der Waals surface area contributed by atoms with Crippen molar-refractivity contribution in [3.8, 4) is 16.9 Å². The zero-order valence-electron chi connectivity index (χ0n) is 33.3. The molecule has 18 heteroatoms. The molecule has 2 amide bonds. The Morgan fingerprint density at radius 3 is 2.36 bits per heavy atom. The molecule has 2 aromatic carbocycles. The number of halogens is 1. The van der Waals surface area contributed by atoms with E-state index in [2.05, 4.69) is 20.3 Å². The molecule has 0 aliphatic heterocycles. The van der Waals surface area contributed by atoms with Gasteiger partial charge in [-0.05, 0) is 107 Å². The maximum atomic E-state index is 13.8. The van der Waals surface area contributed by atoms with Gasteiger partial charge in [-0.25, -0.2) is 13.2 Å². The van der Waals surface area contributed by atoms with E-state index in [1.807, 2.05) is 30.3 Å². The molecule has 2 fully saturated rings. The molecule has 59 heavy (non-hydrogen) atoms. The summed E-state index contributed by atoms with van der Waals surface area (Å²) in [6, 6.07) is 12.1. The van der Waals surface area contributed by atoms with Gasteiger partial charge in [0.2, 0.25) is 10.0 Å². The van der Waals surface area contributed by atoms with Gasteiger partial charge in [0.1, 0.15) is 35.7 Å². The highest BCUT2D eigenvalue weighted by Gasteiger charge is 2.48. The number of carbonyl (C=O) groups is 2. The third kappa shape index (κ3) is 13.0. The first-order valence-electron chi connectivity index (χ1n) is 19.7. The number of amides is 2. The summed E-state index contributed by atoms with van der Waals surface area (Å²) >= 11 is 6.59. The number of carbonyl (C=O) groups excluding carboxylic acids is 2. The molecule has 2 aliphatic rings. The predicted molar refractivity (Wildman–Crippen MR) is 217 cm³/mol. The number of sulfonamides is 1. The minimum absolute atomic E-state index is 0.00115. The SMILES string of the molecule is CC(C)(C)OC(=O)[C@H](CCCCNC(=O)NC[C@H](O)[C@@H](O)C(O)[C@H](O)CO)NS(=O)(=O)c1ccc(Cl)c(COC2(c3cnccc3-c3ccccc3OC3CC3)CC2)c1. The molecule has 2 saturated carbocycles. The van der Waals surface area contributed by atoms with Crippen molar-refractivity contribution in [3.63, 3.8) is 0 Å². The van der Waals surface area contributed by atoms with Crippen LogP contribution in [0.25, 0.3) is 11.1 Å². The third-order valence-corrected chi connectivity index (χ3v) is 11.7. The van der Waals surface area contributed by atoms with E-state index < -0.39 is 76.8 Å². The second-order valence-electron chi connectivity index (χ2n) is 15.9. The Balaban J connectivity index is 1.20. The second-order valence-corrected chi connectivity index (χ2v) is 18.0. The van der Waals surface area contributed by atoms with E-state index >= 15 is 0 Å². The Morgan fingerprint density at radius 1 is 0.966 bits per heavy atom. The van der Waals surface area contributed by atoms with E-state index in [0.29, 0.717) is 17.0 Å². The van der Waals surface area contributed by atoms with Crippen LogP contribution in [0.1, 0.15) is 76.8 Å². The molecule has 8 N–H and O–H groups in total. The zero-order chi connectivity index (χ0) is 43.0. The van der Waals surface area contributed by atoms with Gasteiger partial charge < -0.3 is 50.4 Å². The molecule has 5 rings (SSSR count). The van der Waals surface area contributed by atoms with Crippen LogP contribution in [-0.2, 0) is 36.5 Å². The maximum Gasteiger partial charge on any atom is 0.324 e. The van der Waals surface area contributed by atoms with Crippen LogP contribution in [0.15, 0.2) is 65.8 Å². The number of aliphatic hydroxyl groups is 5. The standard InChI is InChI=1S/C41H55ClN4O12S/c1-40(2,3)58-38(52)32(9-6-7-18-44-39(53)45-22-33(48)36(50)37(51)34(49)23-47)46-59(54,55)27-13-14-31(42)25(20-27)24-56-41(16-17-41)30-21-43-19-15-28(30)29-8-4-5-10-35(29)57-26-11-12-26/h4-5,8,10,13-15,19-21,26,32-34,36-37,46-51H,6-7,9,11-12,16-18,22-24H2,1-3H3,(H2,44,45,53)/t32-,33-,34+,36+,37?/m0/s1. The Kier molecular flexibility index (Phi) is 15.7. The smallest absolute Gasteiger partial charge is 0.324 e. The van der Waals surface area contributed by atoms with Crippen molar-refractivity contribution in [1.29, 1.82) is 0 Å². The summed E-state index contributed by atoms with van der Waals surface area (Å²) in [5.74, 6) is 0.0145. The minimum Gasteiger partial charge on any atom is -0.490 e. The number of nitrogens with one attached hydrogen (secondary N) is 3. The van der Waals surface area contributed by atoms with Crippen molar-refractivity contribution in [2.75, 3.05) is 19.7 Å². The van der Waals surface area contributed by atoms with Crippen LogP contribution in [0.2, 0.25) is 5.02 Å². The lowest BCUT2D eigenvalue weighted by Gasteiger charge is -2.25. The summed E-state index contributed by atoms with van der Waals surface area (Å²) in [5.41, 5.74) is 1.64. The highest BCUT2D eigenvalue weighted by atomic mass is 35.5. The number of rotatable bonds is 22. The Hall–Kier alpha value is -3.91. The number of pyridine rings is 1. The van der Waals surface area contributed by atoms with Gasteiger partial charge in [0.25, 0.3) is 0 Å². The summed E-state index contributed by atoms with van der Waals surface area (Å²) in [6.45, 7) is 3.79. The average molecular weight is 863 g/mol. The highest BCUT2D eigenvalue weighted by molar-refractivity contribution is 7.89. The van der Waals surface area contributed by atoms with E-state index in [9.17, 15) is 38.4 Å². The number of urea groups is 1. The third-order valence-electron chi connectivity index (χ3n) is 9.83. The van der Waals surface area contributed by atoms with Crippen LogP contribution < -0.4 is 20.1 Å². The lowest BCUT2D eigenvalue weighted by Crippen LogP contribution is -2.50. The quantitative estimate of drug-likeness (QED) is 0.0536. The van der Waals surface area contributed by atoms with Gasteiger partial charge in [0.15, 0.2) is 0 Å². The first kappa shape index (κ1) is 46.2. The maximum absolute atomic E-state index is 13.8. The van der Waals surface area contributed by atoms with E-state index in [0.717, 1.165) is 48.1 Å². The van der Waals surface area contributed by atoms with E-state index in [-0.39, 0.29) is 37.0 Å². The van der Waals surface area contributed by atoms with Crippen LogP contribution >= 0.6 is 11.6 Å². The summed E-state index contributed by atoms with van der Waals surface area (Å²) in [7, 11) is -4.29. The van der Waals surface area contributed by atoms with Gasteiger partial charge in [-0.1, -0.05) is 29.8 Å². The van der Waals surface area contributed by atoms with Crippen LogP contribution in [0.3, 0.4) is 0 Å². The second kappa shape index (κ2) is 20.1. The molecule has 1 heterocycles. The predicted octanol–water partition coefficient (Wildman–Crippen LogP) is 3.04. The van der Waals surface area contributed by atoms with Crippen molar-refractivity contribution in [3.05, 3.63) is 77.1 Å². The molecule has 324 valence electrons. The van der Waals surface area contributed by atoms with Crippen LogP contribution in [0.4, 0.5) is 4.79 Å².